The molecule has 1 fully saturated rings. The van der Waals surface area contributed by atoms with Gasteiger partial charge in [0.1, 0.15) is 0 Å². The van der Waals surface area contributed by atoms with Crippen molar-refractivity contribution in [3.8, 4) is 0 Å². The number of aromatic nitrogens is 3. The van der Waals surface area contributed by atoms with Crippen molar-refractivity contribution in [2.75, 3.05) is 6.54 Å². The van der Waals surface area contributed by atoms with Gasteiger partial charge in [-0.3, -0.25) is 14.1 Å². The summed E-state index contributed by atoms with van der Waals surface area (Å²) in [5.74, 6) is -0.0613. The van der Waals surface area contributed by atoms with Crippen LogP contribution in [0.4, 0.5) is 0 Å². The highest BCUT2D eigenvalue weighted by Gasteiger charge is 2.29. The zero-order valence-corrected chi connectivity index (χ0v) is 10.6. The van der Waals surface area contributed by atoms with Crippen molar-refractivity contribution in [1.29, 1.82) is 0 Å². The molecule has 1 aliphatic carbocycles. The Morgan fingerprint density at radius 1 is 1.53 bits per heavy atom. The number of carbonyl (C=O) groups is 1. The molecule has 0 amide bonds. The Morgan fingerprint density at radius 3 is 3.05 bits per heavy atom. The average Bonchev–Trinajstić information content (AvgIpc) is 3.14. The van der Waals surface area contributed by atoms with E-state index in [-0.39, 0.29) is 6.42 Å². The lowest BCUT2D eigenvalue weighted by molar-refractivity contribution is -0.137. The van der Waals surface area contributed by atoms with E-state index in [1.54, 1.807) is 6.20 Å². The van der Waals surface area contributed by atoms with Crippen LogP contribution >= 0.6 is 0 Å². The molecule has 3 rings (SSSR count). The molecule has 100 valence electrons. The van der Waals surface area contributed by atoms with E-state index in [9.17, 15) is 4.79 Å². The Morgan fingerprint density at radius 2 is 2.37 bits per heavy atom. The molecule has 0 aromatic carbocycles. The van der Waals surface area contributed by atoms with Crippen molar-refractivity contribution >= 4 is 11.7 Å². The molecular formula is C13H16N4O2. The second-order valence-corrected chi connectivity index (χ2v) is 4.90. The zero-order valence-electron chi connectivity index (χ0n) is 10.6. The number of aliphatic carboxylic acids is 1. The van der Waals surface area contributed by atoms with Gasteiger partial charge in [-0.1, -0.05) is 0 Å². The number of carboxylic acids is 1. The quantitative estimate of drug-likeness (QED) is 0.844. The van der Waals surface area contributed by atoms with Crippen molar-refractivity contribution in [3.05, 3.63) is 30.4 Å². The van der Waals surface area contributed by atoms with Crippen LogP contribution in [0.2, 0.25) is 0 Å². The van der Waals surface area contributed by atoms with Crippen LogP contribution in [0, 0.1) is 0 Å². The Kier molecular flexibility index (Phi) is 3.16. The lowest BCUT2D eigenvalue weighted by Crippen LogP contribution is -2.28. The first-order valence-corrected chi connectivity index (χ1v) is 6.47. The van der Waals surface area contributed by atoms with E-state index in [0.29, 0.717) is 24.9 Å². The molecular weight excluding hydrogens is 244 g/mol. The number of imidazole rings is 1. The fraction of sp³-hybridized carbons (Fsp3) is 0.462. The number of hydrogen-bond donors (Lipinski definition) is 1. The molecule has 0 spiro atoms. The molecule has 2 heterocycles. The summed E-state index contributed by atoms with van der Waals surface area (Å²) in [7, 11) is 0. The van der Waals surface area contributed by atoms with E-state index in [4.69, 9.17) is 5.11 Å². The van der Waals surface area contributed by atoms with E-state index in [2.05, 4.69) is 14.9 Å². The minimum Gasteiger partial charge on any atom is -0.481 e. The van der Waals surface area contributed by atoms with Gasteiger partial charge in [-0.05, 0) is 18.9 Å². The highest BCUT2D eigenvalue weighted by molar-refractivity contribution is 5.66. The molecule has 1 N–H and O–H groups in total. The standard InChI is InChI=1S/C13H16N4O2/c18-12(19)4-7-16(11-2-3-11)8-10-9-17-6-1-5-14-13(17)15-10/h1,5-6,9,11H,2-4,7-8H2,(H,18,19). The van der Waals surface area contributed by atoms with Crippen molar-refractivity contribution in [3.63, 3.8) is 0 Å². The first-order valence-electron chi connectivity index (χ1n) is 6.47. The molecule has 1 saturated carbocycles. The predicted molar refractivity (Wildman–Crippen MR) is 68.7 cm³/mol. The van der Waals surface area contributed by atoms with Gasteiger partial charge in [-0.15, -0.1) is 0 Å². The second kappa shape index (κ2) is 4.97. The van der Waals surface area contributed by atoms with Crippen LogP contribution in [0.15, 0.2) is 24.7 Å². The number of hydrogen-bond acceptors (Lipinski definition) is 4. The Bertz CT molecular complexity index is 558. The van der Waals surface area contributed by atoms with E-state index >= 15 is 0 Å². The SMILES string of the molecule is O=C(O)CCN(Cc1cn2cccnc2n1)C1CC1. The van der Waals surface area contributed by atoms with Crippen LogP contribution in [0.3, 0.4) is 0 Å². The summed E-state index contributed by atoms with van der Waals surface area (Å²) in [5, 5.41) is 8.79. The predicted octanol–water partition coefficient (Wildman–Crippen LogP) is 1.17. The van der Waals surface area contributed by atoms with Crippen molar-refractivity contribution in [2.24, 2.45) is 0 Å². The highest BCUT2D eigenvalue weighted by Crippen LogP contribution is 2.28. The van der Waals surface area contributed by atoms with Crippen LogP contribution in [0.5, 0.6) is 0 Å². The molecule has 2 aromatic rings. The molecule has 0 saturated heterocycles. The first-order chi connectivity index (χ1) is 9.22. The minimum atomic E-state index is -0.748. The normalized spacial score (nSPS) is 15.2. The molecule has 0 atom stereocenters. The monoisotopic (exact) mass is 260 g/mol. The van der Waals surface area contributed by atoms with Crippen molar-refractivity contribution < 1.29 is 9.90 Å². The topological polar surface area (TPSA) is 70.7 Å². The van der Waals surface area contributed by atoms with Gasteiger partial charge in [-0.2, -0.15) is 0 Å². The summed E-state index contributed by atoms with van der Waals surface area (Å²) in [4.78, 5) is 21.5. The third kappa shape index (κ3) is 2.90. The van der Waals surface area contributed by atoms with Crippen LogP contribution in [-0.4, -0.2) is 42.9 Å². The van der Waals surface area contributed by atoms with Gasteiger partial charge in [0, 0.05) is 37.7 Å². The van der Waals surface area contributed by atoms with E-state index in [1.165, 1.54) is 0 Å². The summed E-state index contributed by atoms with van der Waals surface area (Å²) < 4.78 is 1.89. The van der Waals surface area contributed by atoms with Gasteiger partial charge in [0.05, 0.1) is 12.1 Å². The molecule has 0 aliphatic heterocycles. The number of fused-ring (bicyclic) bond motifs is 1. The van der Waals surface area contributed by atoms with E-state index in [1.807, 2.05) is 22.9 Å². The molecule has 2 aromatic heterocycles. The van der Waals surface area contributed by atoms with Gasteiger partial charge in [0.2, 0.25) is 5.78 Å². The van der Waals surface area contributed by atoms with Crippen LogP contribution in [0.1, 0.15) is 25.0 Å². The number of carboxylic acid groups (broad SMARTS) is 1. The molecule has 6 nitrogen and oxygen atoms in total. The lowest BCUT2D eigenvalue weighted by Gasteiger charge is -2.19. The van der Waals surface area contributed by atoms with Gasteiger partial charge in [0.25, 0.3) is 0 Å². The fourth-order valence-electron chi connectivity index (χ4n) is 2.23. The summed E-state index contributed by atoms with van der Waals surface area (Å²) in [6, 6.07) is 2.39. The van der Waals surface area contributed by atoms with Gasteiger partial charge in [0.15, 0.2) is 0 Å². The van der Waals surface area contributed by atoms with Crippen molar-refractivity contribution in [2.45, 2.75) is 31.8 Å². The van der Waals surface area contributed by atoms with Gasteiger partial charge < -0.3 is 5.11 Å². The summed E-state index contributed by atoms with van der Waals surface area (Å²) in [6.45, 7) is 1.28. The van der Waals surface area contributed by atoms with Crippen LogP contribution < -0.4 is 0 Å². The molecule has 1 aliphatic rings. The lowest BCUT2D eigenvalue weighted by atomic mass is 10.3. The Hall–Kier alpha value is -1.95. The Labute approximate surface area is 110 Å². The molecule has 6 heteroatoms. The average molecular weight is 260 g/mol. The molecule has 0 radical (unpaired) electrons. The fourth-order valence-corrected chi connectivity index (χ4v) is 2.23. The number of rotatable bonds is 6. The van der Waals surface area contributed by atoms with Crippen molar-refractivity contribution in [1.82, 2.24) is 19.3 Å². The molecule has 19 heavy (non-hydrogen) atoms. The maximum atomic E-state index is 10.7. The largest absolute Gasteiger partial charge is 0.481 e. The summed E-state index contributed by atoms with van der Waals surface area (Å²) >= 11 is 0. The van der Waals surface area contributed by atoms with Gasteiger partial charge in [-0.25, -0.2) is 9.97 Å². The third-order valence-corrected chi connectivity index (χ3v) is 3.33. The number of nitrogens with zero attached hydrogens (tertiary/aromatic N) is 4. The maximum absolute atomic E-state index is 10.7. The molecule has 0 bridgehead atoms. The highest BCUT2D eigenvalue weighted by atomic mass is 16.4. The van der Waals surface area contributed by atoms with E-state index < -0.39 is 5.97 Å². The van der Waals surface area contributed by atoms with E-state index in [0.717, 1.165) is 18.5 Å². The maximum Gasteiger partial charge on any atom is 0.304 e. The molecule has 0 unspecified atom stereocenters. The third-order valence-electron chi connectivity index (χ3n) is 3.33. The summed E-state index contributed by atoms with van der Waals surface area (Å²) in [6.07, 6.45) is 8.09. The zero-order chi connectivity index (χ0) is 13.2. The minimum absolute atomic E-state index is 0.183. The smallest absolute Gasteiger partial charge is 0.304 e. The van der Waals surface area contributed by atoms with Gasteiger partial charge >= 0.3 is 5.97 Å². The van der Waals surface area contributed by atoms with Crippen LogP contribution in [0.25, 0.3) is 5.78 Å². The van der Waals surface area contributed by atoms with Crippen LogP contribution in [-0.2, 0) is 11.3 Å². The first kappa shape index (κ1) is 12.1. The summed E-state index contributed by atoms with van der Waals surface area (Å²) in [5.41, 5.74) is 0.941. The second-order valence-electron chi connectivity index (χ2n) is 4.90. The Balaban J connectivity index is 1.71.